The topological polar surface area (TPSA) is 85.2 Å². The number of carbonyl (C=O) groups excluding carboxylic acids is 1. The van der Waals surface area contributed by atoms with Gasteiger partial charge in [0.05, 0.1) is 13.1 Å². The van der Waals surface area contributed by atoms with Gasteiger partial charge in [0.1, 0.15) is 16.3 Å². The third-order valence-corrected chi connectivity index (χ3v) is 6.03. The van der Waals surface area contributed by atoms with Crippen molar-refractivity contribution in [3.63, 3.8) is 0 Å². The Morgan fingerprint density at radius 3 is 3.00 bits per heavy atom. The number of ether oxygens (including phenoxy) is 1. The van der Waals surface area contributed by atoms with Gasteiger partial charge < -0.3 is 15.0 Å². The molecule has 9 heteroatoms. The Balaban J connectivity index is 1.29. The van der Waals surface area contributed by atoms with Gasteiger partial charge in [0, 0.05) is 26.4 Å². The first-order valence-corrected chi connectivity index (χ1v) is 9.34. The molecule has 0 aromatic carbocycles. The smallest absolute Gasteiger partial charge is 0.269 e. The van der Waals surface area contributed by atoms with Gasteiger partial charge in [0.25, 0.3) is 5.91 Å². The van der Waals surface area contributed by atoms with Crippen molar-refractivity contribution in [1.82, 2.24) is 25.3 Å². The van der Waals surface area contributed by atoms with Crippen LogP contribution in [0.5, 0.6) is 0 Å². The monoisotopic (exact) mass is 362 g/mol. The Morgan fingerprint density at radius 2 is 2.32 bits per heavy atom. The Hall–Kier alpha value is -2.00. The van der Waals surface area contributed by atoms with Gasteiger partial charge in [-0.2, -0.15) is 5.10 Å². The van der Waals surface area contributed by atoms with E-state index < -0.39 is 0 Å². The zero-order chi connectivity index (χ0) is 17.4. The first-order chi connectivity index (χ1) is 12.1. The van der Waals surface area contributed by atoms with E-state index in [4.69, 9.17) is 4.74 Å². The minimum Gasteiger partial charge on any atom is -0.371 e. The highest BCUT2D eigenvalue weighted by molar-refractivity contribution is 7.15. The summed E-state index contributed by atoms with van der Waals surface area (Å²) in [5.41, 5.74) is 0.496. The van der Waals surface area contributed by atoms with Crippen molar-refractivity contribution in [3.05, 3.63) is 23.0 Å². The second kappa shape index (κ2) is 6.38. The summed E-state index contributed by atoms with van der Waals surface area (Å²) in [5, 5.41) is 17.3. The number of aryl methyl sites for hydroxylation is 2. The van der Waals surface area contributed by atoms with Gasteiger partial charge in [-0.25, -0.2) is 0 Å². The Bertz CT molecular complexity index is 766. The number of hydrogen-bond acceptors (Lipinski definition) is 7. The maximum atomic E-state index is 12.2. The molecule has 0 bridgehead atoms. The summed E-state index contributed by atoms with van der Waals surface area (Å²) in [6.45, 7) is 5.14. The van der Waals surface area contributed by atoms with Crippen molar-refractivity contribution in [2.24, 2.45) is 13.0 Å². The highest BCUT2D eigenvalue weighted by atomic mass is 32.1. The van der Waals surface area contributed by atoms with Gasteiger partial charge in [-0.1, -0.05) is 11.3 Å². The summed E-state index contributed by atoms with van der Waals surface area (Å²) in [5.74, 6) is 0.386. The average Bonchev–Trinajstić information content (AvgIpc) is 3.25. The minimum atomic E-state index is -0.0865. The molecule has 1 unspecified atom stereocenters. The number of carbonyl (C=O) groups is 1. The number of nitrogens with one attached hydrogen (secondary N) is 1. The predicted octanol–water partition coefficient (Wildman–Crippen LogP) is 0.995. The van der Waals surface area contributed by atoms with E-state index >= 15 is 0 Å². The first-order valence-electron chi connectivity index (χ1n) is 8.53. The van der Waals surface area contributed by atoms with E-state index in [0.717, 1.165) is 42.7 Å². The molecular weight excluding hydrogens is 340 g/mol. The second-order valence-corrected chi connectivity index (χ2v) is 7.90. The van der Waals surface area contributed by atoms with Crippen molar-refractivity contribution in [3.8, 4) is 0 Å². The molecule has 8 nitrogen and oxygen atoms in total. The summed E-state index contributed by atoms with van der Waals surface area (Å²) < 4.78 is 7.67. The van der Waals surface area contributed by atoms with Crippen LogP contribution in [0.2, 0.25) is 0 Å². The third kappa shape index (κ3) is 3.02. The maximum Gasteiger partial charge on any atom is 0.269 e. The van der Waals surface area contributed by atoms with E-state index in [1.54, 1.807) is 35.3 Å². The third-order valence-electron chi connectivity index (χ3n) is 5.13. The Labute approximate surface area is 150 Å². The molecular formula is C16H22N6O2S. The zero-order valence-electron chi connectivity index (χ0n) is 14.4. The molecule has 134 valence electrons. The van der Waals surface area contributed by atoms with Crippen LogP contribution in [0.25, 0.3) is 0 Å². The van der Waals surface area contributed by atoms with Gasteiger partial charge in [-0.05, 0) is 31.7 Å². The van der Waals surface area contributed by atoms with Crippen molar-refractivity contribution < 1.29 is 9.53 Å². The molecule has 0 saturated carbocycles. The average molecular weight is 362 g/mol. The van der Waals surface area contributed by atoms with Crippen molar-refractivity contribution in [2.75, 3.05) is 31.1 Å². The fourth-order valence-electron chi connectivity index (χ4n) is 3.74. The lowest BCUT2D eigenvalue weighted by atomic mass is 9.79. The van der Waals surface area contributed by atoms with Crippen molar-refractivity contribution in [1.29, 1.82) is 0 Å². The standard InChI is InChI=1S/C16H22N6O2S/c1-11-19-20-15(25-11)22-9-16(10-22)12(5-8-24-16)3-6-17-14(23)13-4-7-18-21(13)2/h4,7,12H,3,5-6,8-10H2,1-2H3,(H,17,23). The number of hydrogen-bond donors (Lipinski definition) is 1. The molecule has 1 atom stereocenters. The van der Waals surface area contributed by atoms with Crippen LogP contribution in [0.4, 0.5) is 5.13 Å². The molecule has 25 heavy (non-hydrogen) atoms. The fourth-order valence-corrected chi connectivity index (χ4v) is 4.42. The Kier molecular flexibility index (Phi) is 4.20. The van der Waals surface area contributed by atoms with Crippen LogP contribution < -0.4 is 10.2 Å². The molecule has 2 aromatic rings. The lowest BCUT2D eigenvalue weighted by molar-refractivity contribution is -0.0452. The second-order valence-electron chi connectivity index (χ2n) is 6.74. The zero-order valence-corrected chi connectivity index (χ0v) is 15.3. The van der Waals surface area contributed by atoms with Crippen LogP contribution in [-0.4, -0.2) is 57.7 Å². The first kappa shape index (κ1) is 16.5. The number of anilines is 1. The number of rotatable bonds is 5. The molecule has 1 N–H and O–H groups in total. The van der Waals surface area contributed by atoms with Crippen LogP contribution in [0.3, 0.4) is 0 Å². The molecule has 2 aliphatic heterocycles. The molecule has 0 aliphatic carbocycles. The number of nitrogens with zero attached hydrogens (tertiary/aromatic N) is 5. The van der Waals surface area contributed by atoms with E-state index in [-0.39, 0.29) is 11.5 Å². The van der Waals surface area contributed by atoms with E-state index in [2.05, 4.69) is 25.5 Å². The summed E-state index contributed by atoms with van der Waals surface area (Å²) >= 11 is 1.62. The summed E-state index contributed by atoms with van der Waals surface area (Å²) in [7, 11) is 1.77. The minimum absolute atomic E-state index is 0.0764. The van der Waals surface area contributed by atoms with Gasteiger partial charge in [0.2, 0.25) is 5.13 Å². The van der Waals surface area contributed by atoms with Crippen LogP contribution in [-0.2, 0) is 11.8 Å². The molecule has 2 aromatic heterocycles. The summed E-state index contributed by atoms with van der Waals surface area (Å²) in [6, 6.07) is 1.73. The molecule has 1 amide bonds. The number of amides is 1. The predicted molar refractivity (Wildman–Crippen MR) is 93.8 cm³/mol. The lowest BCUT2D eigenvalue weighted by Gasteiger charge is -2.50. The molecule has 2 fully saturated rings. The van der Waals surface area contributed by atoms with Crippen LogP contribution in [0, 0.1) is 12.8 Å². The van der Waals surface area contributed by atoms with Crippen LogP contribution in [0.15, 0.2) is 12.3 Å². The fraction of sp³-hybridized carbons (Fsp3) is 0.625. The van der Waals surface area contributed by atoms with E-state index in [9.17, 15) is 4.79 Å². The van der Waals surface area contributed by atoms with Gasteiger partial charge >= 0.3 is 0 Å². The quantitative estimate of drug-likeness (QED) is 0.854. The van der Waals surface area contributed by atoms with Crippen molar-refractivity contribution in [2.45, 2.75) is 25.4 Å². The molecule has 0 radical (unpaired) electrons. The lowest BCUT2D eigenvalue weighted by Crippen LogP contribution is -2.65. The maximum absolute atomic E-state index is 12.2. The Morgan fingerprint density at radius 1 is 1.48 bits per heavy atom. The highest BCUT2D eigenvalue weighted by Gasteiger charge is 2.53. The largest absolute Gasteiger partial charge is 0.371 e. The summed E-state index contributed by atoms with van der Waals surface area (Å²) in [6.07, 6.45) is 3.60. The normalized spacial score (nSPS) is 21.5. The van der Waals surface area contributed by atoms with Crippen molar-refractivity contribution >= 4 is 22.4 Å². The molecule has 2 aliphatic rings. The van der Waals surface area contributed by atoms with E-state index in [1.165, 1.54) is 0 Å². The van der Waals surface area contributed by atoms with Gasteiger partial charge in [-0.15, -0.1) is 10.2 Å². The van der Waals surface area contributed by atoms with E-state index in [1.807, 2.05) is 6.92 Å². The van der Waals surface area contributed by atoms with Crippen LogP contribution in [0.1, 0.15) is 28.3 Å². The molecule has 4 rings (SSSR count). The molecule has 4 heterocycles. The summed E-state index contributed by atoms with van der Waals surface area (Å²) in [4.78, 5) is 14.4. The molecule has 2 saturated heterocycles. The van der Waals surface area contributed by atoms with Gasteiger partial charge in [-0.3, -0.25) is 9.48 Å². The van der Waals surface area contributed by atoms with Crippen LogP contribution >= 0.6 is 11.3 Å². The van der Waals surface area contributed by atoms with E-state index in [0.29, 0.717) is 18.2 Å². The molecule has 1 spiro atoms. The highest BCUT2D eigenvalue weighted by Crippen LogP contribution is 2.43. The number of aromatic nitrogens is 4. The SMILES string of the molecule is Cc1nnc(N2CC3(C2)OCCC3CCNC(=O)c2ccnn2C)s1. The van der Waals surface area contributed by atoms with Gasteiger partial charge in [0.15, 0.2) is 0 Å².